The highest BCUT2D eigenvalue weighted by Gasteiger charge is 2.17. The lowest BCUT2D eigenvalue weighted by Crippen LogP contribution is -2.06. The number of benzene rings is 2. The second-order valence-corrected chi connectivity index (χ2v) is 6.93. The van der Waals surface area contributed by atoms with Crippen LogP contribution in [0, 0.1) is 0 Å². The Morgan fingerprint density at radius 1 is 1.14 bits per heavy atom. The van der Waals surface area contributed by atoms with E-state index in [1.54, 1.807) is 18.2 Å². The van der Waals surface area contributed by atoms with Crippen LogP contribution in [0.4, 0.5) is 0 Å². The maximum atomic E-state index is 12.5. The van der Waals surface area contributed by atoms with Gasteiger partial charge in [0, 0.05) is 16.8 Å². The molecule has 0 saturated heterocycles. The normalized spacial score (nSPS) is 11.2. The zero-order valence-corrected chi connectivity index (χ0v) is 13.0. The van der Waals surface area contributed by atoms with Gasteiger partial charge < -0.3 is 4.74 Å². The van der Waals surface area contributed by atoms with Crippen molar-refractivity contribution < 1.29 is 17.9 Å². The van der Waals surface area contributed by atoms with Crippen molar-refractivity contribution in [2.45, 2.75) is 4.90 Å². The molecule has 2 aromatic carbocycles. The molecule has 0 aliphatic rings. The zero-order chi connectivity index (χ0) is 15.6. The molecule has 0 aliphatic carbocycles. The third-order valence-corrected chi connectivity index (χ3v) is 4.28. The van der Waals surface area contributed by atoms with Gasteiger partial charge in [-0.15, -0.1) is 0 Å². The summed E-state index contributed by atoms with van der Waals surface area (Å²) in [5.41, 5.74) is 0.550. The fraction of sp³-hybridized carbons (Fsp3) is 0.133. The minimum absolute atomic E-state index is 0.0920. The largest absolute Gasteiger partial charge is 0.496 e. The first-order valence-electron chi connectivity index (χ1n) is 6.01. The van der Waals surface area contributed by atoms with Crippen LogP contribution in [0.15, 0.2) is 47.4 Å². The highest BCUT2D eigenvalue weighted by molar-refractivity contribution is 7.90. The van der Waals surface area contributed by atoms with Crippen LogP contribution in [-0.2, 0) is 9.84 Å². The van der Waals surface area contributed by atoms with Gasteiger partial charge in [0.05, 0.1) is 17.6 Å². The molecule has 2 aromatic rings. The van der Waals surface area contributed by atoms with Crippen molar-refractivity contribution in [1.82, 2.24) is 0 Å². The van der Waals surface area contributed by atoms with Crippen LogP contribution in [0.3, 0.4) is 0 Å². The minimum Gasteiger partial charge on any atom is -0.496 e. The molecule has 110 valence electrons. The number of halogens is 1. The molecule has 0 bridgehead atoms. The molecular weight excluding hydrogens is 312 g/mol. The summed E-state index contributed by atoms with van der Waals surface area (Å²) in [5.74, 6) is 0.0361. The van der Waals surface area contributed by atoms with E-state index in [4.69, 9.17) is 16.3 Å². The van der Waals surface area contributed by atoms with Crippen LogP contribution in [0.1, 0.15) is 15.9 Å². The van der Waals surface area contributed by atoms with Crippen molar-refractivity contribution in [1.29, 1.82) is 0 Å². The molecule has 0 unspecified atom stereocenters. The molecule has 21 heavy (non-hydrogen) atoms. The van der Waals surface area contributed by atoms with Crippen LogP contribution in [0.5, 0.6) is 5.75 Å². The van der Waals surface area contributed by atoms with Crippen LogP contribution in [0.25, 0.3) is 0 Å². The first kappa shape index (κ1) is 15.5. The van der Waals surface area contributed by atoms with Crippen molar-refractivity contribution in [2.75, 3.05) is 13.4 Å². The Labute approximate surface area is 128 Å². The number of sulfone groups is 1. The van der Waals surface area contributed by atoms with Crippen molar-refractivity contribution >= 4 is 27.2 Å². The molecular formula is C15H13ClO4S. The Morgan fingerprint density at radius 2 is 1.86 bits per heavy atom. The molecule has 0 heterocycles. The molecule has 2 rings (SSSR count). The number of carbonyl (C=O) groups excluding carboxylic acids is 1. The Morgan fingerprint density at radius 3 is 2.48 bits per heavy atom. The van der Waals surface area contributed by atoms with Gasteiger partial charge in [-0.05, 0) is 30.3 Å². The van der Waals surface area contributed by atoms with E-state index >= 15 is 0 Å². The van der Waals surface area contributed by atoms with Crippen LogP contribution >= 0.6 is 11.6 Å². The second kappa shape index (κ2) is 5.87. The molecule has 4 nitrogen and oxygen atoms in total. The molecule has 0 amide bonds. The summed E-state index contributed by atoms with van der Waals surface area (Å²) >= 11 is 5.91. The summed E-state index contributed by atoms with van der Waals surface area (Å²) in [6.07, 6.45) is 1.09. The van der Waals surface area contributed by atoms with E-state index in [1.807, 2.05) is 0 Å². The lowest BCUT2D eigenvalue weighted by atomic mass is 10.0. The molecule has 0 aliphatic heterocycles. The predicted octanol–water partition coefficient (Wildman–Crippen LogP) is 2.98. The SMILES string of the molecule is COc1ccc(Cl)cc1C(=O)c1cccc(S(C)(=O)=O)c1. The standard InChI is InChI=1S/C15H13ClO4S/c1-20-14-7-6-11(16)9-13(14)15(17)10-4-3-5-12(8-10)21(2,18)19/h3-9H,1-2H3. The highest BCUT2D eigenvalue weighted by atomic mass is 35.5. The van der Waals surface area contributed by atoms with Gasteiger partial charge in [0.25, 0.3) is 0 Å². The molecule has 0 N–H and O–H groups in total. The van der Waals surface area contributed by atoms with E-state index in [0.29, 0.717) is 10.8 Å². The fourth-order valence-electron chi connectivity index (χ4n) is 1.88. The van der Waals surface area contributed by atoms with Crippen molar-refractivity contribution in [3.05, 3.63) is 58.6 Å². The van der Waals surface area contributed by atoms with E-state index in [-0.39, 0.29) is 21.8 Å². The van der Waals surface area contributed by atoms with Gasteiger partial charge in [-0.3, -0.25) is 4.79 Å². The number of carbonyl (C=O) groups is 1. The zero-order valence-electron chi connectivity index (χ0n) is 11.5. The summed E-state index contributed by atoms with van der Waals surface area (Å²) in [7, 11) is -1.92. The van der Waals surface area contributed by atoms with Crippen LogP contribution in [0.2, 0.25) is 5.02 Å². The van der Waals surface area contributed by atoms with Crippen LogP contribution in [-0.4, -0.2) is 27.6 Å². The Balaban J connectivity index is 2.53. The average molecular weight is 325 g/mol. The first-order chi connectivity index (χ1) is 9.82. The number of rotatable bonds is 4. The van der Waals surface area contributed by atoms with Gasteiger partial charge in [-0.2, -0.15) is 0 Å². The monoisotopic (exact) mass is 324 g/mol. The Hall–Kier alpha value is -1.85. The van der Waals surface area contributed by atoms with Gasteiger partial charge in [-0.25, -0.2) is 8.42 Å². The lowest BCUT2D eigenvalue weighted by Gasteiger charge is -2.09. The number of hydrogen-bond acceptors (Lipinski definition) is 4. The van der Waals surface area contributed by atoms with Gasteiger partial charge in [0.2, 0.25) is 0 Å². The second-order valence-electron chi connectivity index (χ2n) is 4.47. The van der Waals surface area contributed by atoms with E-state index in [9.17, 15) is 13.2 Å². The number of ether oxygens (including phenoxy) is 1. The third kappa shape index (κ3) is 3.43. The quantitative estimate of drug-likeness (QED) is 0.811. The van der Waals surface area contributed by atoms with E-state index < -0.39 is 9.84 Å². The summed E-state index contributed by atoms with van der Waals surface area (Å²) in [5, 5.41) is 0.401. The van der Waals surface area contributed by atoms with Gasteiger partial charge >= 0.3 is 0 Å². The summed E-state index contributed by atoms with van der Waals surface area (Å²) < 4.78 is 28.3. The van der Waals surface area contributed by atoms with Crippen molar-refractivity contribution in [3.63, 3.8) is 0 Å². The van der Waals surface area contributed by atoms with E-state index in [0.717, 1.165) is 6.26 Å². The summed E-state index contributed by atoms with van der Waals surface area (Å²) in [4.78, 5) is 12.6. The molecule has 0 atom stereocenters. The van der Waals surface area contributed by atoms with Gasteiger partial charge in [-0.1, -0.05) is 23.7 Å². The maximum absolute atomic E-state index is 12.5. The fourth-order valence-corrected chi connectivity index (χ4v) is 2.72. The Kier molecular flexibility index (Phi) is 4.34. The number of methoxy groups -OCH3 is 1. The Bertz CT molecular complexity index is 797. The number of ketones is 1. The molecule has 0 aromatic heterocycles. The summed E-state index contributed by atoms with van der Waals surface area (Å²) in [6.45, 7) is 0. The van der Waals surface area contributed by atoms with Gasteiger partial charge in [0.1, 0.15) is 5.75 Å². The number of hydrogen-bond donors (Lipinski definition) is 0. The third-order valence-electron chi connectivity index (χ3n) is 2.93. The molecule has 0 saturated carbocycles. The van der Waals surface area contributed by atoms with Crippen LogP contribution < -0.4 is 4.74 Å². The molecule has 0 radical (unpaired) electrons. The first-order valence-corrected chi connectivity index (χ1v) is 8.28. The lowest BCUT2D eigenvalue weighted by molar-refractivity contribution is 0.103. The molecule has 0 fully saturated rings. The van der Waals surface area contributed by atoms with E-state index in [2.05, 4.69) is 0 Å². The topological polar surface area (TPSA) is 60.4 Å². The minimum atomic E-state index is -3.37. The van der Waals surface area contributed by atoms with Crippen molar-refractivity contribution in [2.24, 2.45) is 0 Å². The summed E-state index contributed by atoms with van der Waals surface area (Å²) in [6, 6.07) is 10.6. The average Bonchev–Trinajstić information content (AvgIpc) is 2.45. The van der Waals surface area contributed by atoms with Crippen molar-refractivity contribution in [3.8, 4) is 5.75 Å². The van der Waals surface area contributed by atoms with Gasteiger partial charge in [0.15, 0.2) is 15.6 Å². The smallest absolute Gasteiger partial charge is 0.196 e. The molecule has 6 heteroatoms. The predicted molar refractivity (Wildman–Crippen MR) is 81.0 cm³/mol. The highest BCUT2D eigenvalue weighted by Crippen LogP contribution is 2.26. The van der Waals surface area contributed by atoms with E-state index in [1.165, 1.54) is 31.4 Å². The maximum Gasteiger partial charge on any atom is 0.196 e. The molecule has 0 spiro atoms.